The Bertz CT molecular complexity index is 1320. The summed E-state index contributed by atoms with van der Waals surface area (Å²) in [5, 5.41) is 3.17. The number of anilines is 2. The van der Waals surface area contributed by atoms with Crippen molar-refractivity contribution in [3.05, 3.63) is 107 Å². The lowest BCUT2D eigenvalue weighted by atomic mass is 9.99. The minimum Gasteiger partial charge on any atom is -0.366 e. The summed E-state index contributed by atoms with van der Waals surface area (Å²) in [6.45, 7) is 2.38. The van der Waals surface area contributed by atoms with Crippen LogP contribution in [0.25, 0.3) is 11.3 Å². The molecule has 0 atom stereocenters. The molecule has 4 aromatic rings. The van der Waals surface area contributed by atoms with Gasteiger partial charge in [-0.15, -0.1) is 0 Å². The van der Waals surface area contributed by atoms with Gasteiger partial charge in [-0.1, -0.05) is 42.5 Å². The number of nitrogens with two attached hydrogens (primary N) is 1. The van der Waals surface area contributed by atoms with E-state index in [1.807, 2.05) is 55.5 Å². The normalized spacial score (nSPS) is 10.5. The molecule has 170 valence electrons. The Morgan fingerprint density at radius 3 is 2.38 bits per heavy atom. The number of carbonyl (C=O) groups excluding carboxylic acids is 2. The van der Waals surface area contributed by atoms with E-state index in [4.69, 9.17) is 5.73 Å². The zero-order valence-electron chi connectivity index (χ0n) is 19.0. The number of amides is 2. The smallest absolute Gasteiger partial charge is 0.253 e. The van der Waals surface area contributed by atoms with Crippen molar-refractivity contribution in [3.8, 4) is 11.3 Å². The molecule has 7 heteroatoms. The van der Waals surface area contributed by atoms with Crippen molar-refractivity contribution in [2.45, 2.75) is 13.5 Å². The van der Waals surface area contributed by atoms with Crippen LogP contribution >= 0.6 is 0 Å². The average molecular weight is 452 g/mol. The average Bonchev–Trinajstić information content (AvgIpc) is 2.85. The second-order valence-corrected chi connectivity index (χ2v) is 7.96. The molecule has 3 N–H and O–H groups in total. The maximum Gasteiger partial charge on any atom is 0.253 e. The zero-order valence-corrected chi connectivity index (χ0v) is 19.0. The first-order chi connectivity index (χ1) is 16.4. The van der Waals surface area contributed by atoms with Crippen LogP contribution in [0.15, 0.2) is 85.1 Å². The van der Waals surface area contributed by atoms with E-state index in [9.17, 15) is 9.59 Å². The topological polar surface area (TPSA) is 101 Å². The van der Waals surface area contributed by atoms with Gasteiger partial charge in [-0.05, 0) is 54.4 Å². The number of benzene rings is 3. The molecule has 1 aromatic heterocycles. The van der Waals surface area contributed by atoms with E-state index < -0.39 is 5.91 Å². The van der Waals surface area contributed by atoms with Crippen molar-refractivity contribution < 1.29 is 9.59 Å². The molecule has 0 saturated carbocycles. The summed E-state index contributed by atoms with van der Waals surface area (Å²) in [5.41, 5.74) is 10.6. The highest BCUT2D eigenvalue weighted by atomic mass is 16.2. The van der Waals surface area contributed by atoms with Crippen LogP contribution < -0.4 is 11.1 Å². The SMILES string of the molecule is Cc1c(C(N)=O)cccc1-c1ccnc(Nc2ccc(C(=O)N(C)Cc3ccccc3)cc2)n1. The molecule has 0 aliphatic carbocycles. The highest BCUT2D eigenvalue weighted by molar-refractivity contribution is 5.96. The fourth-order valence-corrected chi connectivity index (χ4v) is 3.72. The van der Waals surface area contributed by atoms with Gasteiger partial charge in [0.15, 0.2) is 0 Å². The molecule has 0 bridgehead atoms. The summed E-state index contributed by atoms with van der Waals surface area (Å²) in [4.78, 5) is 35.0. The number of aromatic nitrogens is 2. The quantitative estimate of drug-likeness (QED) is 0.429. The Kier molecular flexibility index (Phi) is 6.64. The number of nitrogens with one attached hydrogen (secondary N) is 1. The number of hydrogen-bond donors (Lipinski definition) is 2. The minimum atomic E-state index is -0.476. The number of rotatable bonds is 7. The van der Waals surface area contributed by atoms with Crippen LogP contribution in [0.3, 0.4) is 0 Å². The molecule has 0 radical (unpaired) electrons. The first-order valence-electron chi connectivity index (χ1n) is 10.8. The first kappa shape index (κ1) is 22.7. The lowest BCUT2D eigenvalue weighted by Gasteiger charge is -2.17. The van der Waals surface area contributed by atoms with E-state index in [1.165, 1.54) is 0 Å². The van der Waals surface area contributed by atoms with Crippen molar-refractivity contribution in [1.82, 2.24) is 14.9 Å². The number of carbonyl (C=O) groups is 2. The van der Waals surface area contributed by atoms with E-state index in [0.29, 0.717) is 29.3 Å². The van der Waals surface area contributed by atoms with Gasteiger partial charge in [0.05, 0.1) is 5.69 Å². The highest BCUT2D eigenvalue weighted by Gasteiger charge is 2.13. The van der Waals surface area contributed by atoms with Crippen LogP contribution in [0.1, 0.15) is 31.8 Å². The fraction of sp³-hybridized carbons (Fsp3) is 0.111. The van der Waals surface area contributed by atoms with Crippen molar-refractivity contribution in [1.29, 1.82) is 0 Å². The van der Waals surface area contributed by atoms with E-state index in [2.05, 4.69) is 15.3 Å². The second-order valence-electron chi connectivity index (χ2n) is 7.96. The molecule has 7 nitrogen and oxygen atoms in total. The van der Waals surface area contributed by atoms with Gasteiger partial charge in [0, 0.05) is 42.2 Å². The summed E-state index contributed by atoms with van der Waals surface area (Å²) in [6, 6.07) is 24.2. The third-order valence-electron chi connectivity index (χ3n) is 5.53. The van der Waals surface area contributed by atoms with Gasteiger partial charge in [-0.3, -0.25) is 9.59 Å². The van der Waals surface area contributed by atoms with Crippen molar-refractivity contribution in [2.75, 3.05) is 12.4 Å². The van der Waals surface area contributed by atoms with Gasteiger partial charge < -0.3 is 16.0 Å². The summed E-state index contributed by atoms with van der Waals surface area (Å²) in [7, 11) is 1.79. The van der Waals surface area contributed by atoms with Gasteiger partial charge in [-0.2, -0.15) is 0 Å². The van der Waals surface area contributed by atoms with Crippen molar-refractivity contribution in [3.63, 3.8) is 0 Å². The molecule has 0 aliphatic rings. The Balaban J connectivity index is 1.48. The Morgan fingerprint density at radius 1 is 0.941 bits per heavy atom. The van der Waals surface area contributed by atoms with E-state index in [-0.39, 0.29) is 5.91 Å². The van der Waals surface area contributed by atoms with Gasteiger partial charge in [0.25, 0.3) is 5.91 Å². The van der Waals surface area contributed by atoms with Crippen LogP contribution in [0.5, 0.6) is 0 Å². The molecule has 0 spiro atoms. The fourth-order valence-electron chi connectivity index (χ4n) is 3.72. The molecule has 3 aromatic carbocycles. The molecule has 4 rings (SSSR count). The molecule has 34 heavy (non-hydrogen) atoms. The van der Waals surface area contributed by atoms with Crippen LogP contribution in [-0.4, -0.2) is 33.7 Å². The molecular weight excluding hydrogens is 426 g/mol. The third kappa shape index (κ3) is 5.10. The van der Waals surface area contributed by atoms with Gasteiger partial charge in [0.2, 0.25) is 11.9 Å². The molecule has 0 fully saturated rings. The van der Waals surface area contributed by atoms with Crippen LogP contribution in [0, 0.1) is 6.92 Å². The Labute approximate surface area is 198 Å². The zero-order chi connectivity index (χ0) is 24.1. The monoisotopic (exact) mass is 451 g/mol. The second kappa shape index (κ2) is 9.95. The van der Waals surface area contributed by atoms with Gasteiger partial charge in [-0.25, -0.2) is 9.97 Å². The summed E-state index contributed by atoms with van der Waals surface area (Å²) < 4.78 is 0. The van der Waals surface area contributed by atoms with Gasteiger partial charge >= 0.3 is 0 Å². The lowest BCUT2D eigenvalue weighted by molar-refractivity contribution is 0.0785. The number of nitrogens with zero attached hydrogens (tertiary/aromatic N) is 3. The lowest BCUT2D eigenvalue weighted by Crippen LogP contribution is -2.26. The van der Waals surface area contributed by atoms with Crippen molar-refractivity contribution >= 4 is 23.5 Å². The first-order valence-corrected chi connectivity index (χ1v) is 10.8. The third-order valence-corrected chi connectivity index (χ3v) is 5.53. The maximum absolute atomic E-state index is 12.8. The highest BCUT2D eigenvalue weighted by Crippen LogP contribution is 2.25. The minimum absolute atomic E-state index is 0.0570. The van der Waals surface area contributed by atoms with E-state index >= 15 is 0 Å². The van der Waals surface area contributed by atoms with Crippen LogP contribution in [0.2, 0.25) is 0 Å². The molecule has 2 amide bonds. The molecule has 0 saturated heterocycles. The largest absolute Gasteiger partial charge is 0.366 e. The summed E-state index contributed by atoms with van der Waals surface area (Å²) >= 11 is 0. The van der Waals surface area contributed by atoms with E-state index in [1.54, 1.807) is 48.5 Å². The van der Waals surface area contributed by atoms with Gasteiger partial charge in [0.1, 0.15) is 0 Å². The molecule has 0 aliphatic heterocycles. The molecule has 0 unspecified atom stereocenters. The summed E-state index contributed by atoms with van der Waals surface area (Å²) in [5.74, 6) is -0.129. The molecular formula is C27H25N5O2. The number of hydrogen-bond acceptors (Lipinski definition) is 5. The standard InChI is InChI=1S/C27H25N5O2/c1-18-22(9-6-10-23(18)25(28)33)24-15-16-29-27(31-24)30-21-13-11-20(12-14-21)26(34)32(2)17-19-7-4-3-5-8-19/h3-16H,17H2,1-2H3,(H2,28,33)(H,29,30,31). The van der Waals surface area contributed by atoms with Crippen LogP contribution in [-0.2, 0) is 6.54 Å². The Hall–Kier alpha value is -4.52. The predicted molar refractivity (Wildman–Crippen MR) is 133 cm³/mol. The van der Waals surface area contributed by atoms with Crippen molar-refractivity contribution in [2.24, 2.45) is 5.73 Å². The van der Waals surface area contributed by atoms with E-state index in [0.717, 1.165) is 22.4 Å². The van der Waals surface area contributed by atoms with Crippen LogP contribution in [0.4, 0.5) is 11.6 Å². The maximum atomic E-state index is 12.8. The number of primary amides is 1. The predicted octanol–water partition coefficient (Wildman–Crippen LogP) is 4.57. The Morgan fingerprint density at radius 2 is 1.68 bits per heavy atom. The molecule has 1 heterocycles. The summed E-state index contributed by atoms with van der Waals surface area (Å²) in [6.07, 6.45) is 1.65.